The van der Waals surface area contributed by atoms with Crippen molar-refractivity contribution < 1.29 is 9.59 Å². The Morgan fingerprint density at radius 3 is 2.58 bits per heavy atom. The molecule has 7 heteroatoms. The summed E-state index contributed by atoms with van der Waals surface area (Å²) >= 11 is 2.00. The molecule has 0 aliphatic carbocycles. The molecule has 0 saturated carbocycles. The van der Waals surface area contributed by atoms with Crippen molar-refractivity contribution in [2.45, 2.75) is 32.9 Å². The maximum atomic E-state index is 12.9. The first-order valence-electron chi connectivity index (χ1n) is 10.7. The minimum atomic E-state index is -0.236. The molecule has 2 heterocycles. The van der Waals surface area contributed by atoms with Crippen LogP contribution in [0.1, 0.15) is 29.5 Å². The van der Waals surface area contributed by atoms with Crippen molar-refractivity contribution >= 4 is 35.0 Å². The number of carbonyl (C=O) groups excluding carboxylic acids is 2. The highest BCUT2D eigenvalue weighted by Crippen LogP contribution is 2.23. The van der Waals surface area contributed by atoms with E-state index in [-0.39, 0.29) is 11.8 Å². The van der Waals surface area contributed by atoms with Crippen LogP contribution >= 0.6 is 11.8 Å². The predicted molar refractivity (Wildman–Crippen MR) is 126 cm³/mol. The molecule has 2 aromatic carbocycles. The molecule has 2 aliphatic heterocycles. The third kappa shape index (κ3) is 5.54. The van der Waals surface area contributed by atoms with Gasteiger partial charge in [-0.2, -0.15) is 16.9 Å². The predicted octanol–water partition coefficient (Wildman–Crippen LogP) is 3.66. The van der Waals surface area contributed by atoms with Crippen LogP contribution in [0.3, 0.4) is 0 Å². The quantitative estimate of drug-likeness (QED) is 0.751. The molecule has 0 unspecified atom stereocenters. The van der Waals surface area contributed by atoms with E-state index >= 15 is 0 Å². The highest BCUT2D eigenvalue weighted by molar-refractivity contribution is 7.99. The van der Waals surface area contributed by atoms with Gasteiger partial charge in [0.1, 0.15) is 5.71 Å². The lowest BCUT2D eigenvalue weighted by atomic mass is 10.1. The number of hydrogen-bond donors (Lipinski definition) is 1. The molecule has 1 fully saturated rings. The number of nitrogens with one attached hydrogen (secondary N) is 1. The second-order valence-corrected chi connectivity index (χ2v) is 9.14. The van der Waals surface area contributed by atoms with Gasteiger partial charge in [-0.1, -0.05) is 42.5 Å². The van der Waals surface area contributed by atoms with Crippen LogP contribution in [0.2, 0.25) is 0 Å². The Morgan fingerprint density at radius 2 is 1.81 bits per heavy atom. The summed E-state index contributed by atoms with van der Waals surface area (Å²) in [5, 5.41) is 8.81. The van der Waals surface area contributed by atoms with E-state index in [1.54, 1.807) is 0 Å². The molecule has 2 aliphatic rings. The second-order valence-electron chi connectivity index (χ2n) is 7.92. The molecule has 0 aromatic heterocycles. The zero-order valence-electron chi connectivity index (χ0n) is 17.8. The SMILES string of the molecule is Cc1c(CN2CCSCC2)cccc1NC(=O)C1=NN(Cc2ccccc2)C(=O)CC1. The summed E-state index contributed by atoms with van der Waals surface area (Å²) < 4.78 is 0. The van der Waals surface area contributed by atoms with E-state index in [9.17, 15) is 9.59 Å². The number of rotatable bonds is 6. The topological polar surface area (TPSA) is 65.0 Å². The van der Waals surface area contributed by atoms with E-state index in [0.717, 1.165) is 36.4 Å². The average molecular weight is 437 g/mol. The number of benzene rings is 2. The average Bonchev–Trinajstić information content (AvgIpc) is 2.79. The van der Waals surface area contributed by atoms with Crippen LogP contribution < -0.4 is 5.32 Å². The number of carbonyl (C=O) groups is 2. The molecular formula is C24H28N4O2S. The zero-order valence-corrected chi connectivity index (χ0v) is 18.7. The Bertz CT molecular complexity index is 971. The van der Waals surface area contributed by atoms with Gasteiger partial charge in [0.25, 0.3) is 5.91 Å². The number of hydrogen-bond acceptors (Lipinski definition) is 5. The number of nitrogens with zero attached hydrogens (tertiary/aromatic N) is 3. The van der Waals surface area contributed by atoms with Gasteiger partial charge in [-0.05, 0) is 29.7 Å². The van der Waals surface area contributed by atoms with E-state index in [2.05, 4.69) is 28.3 Å². The molecule has 0 bridgehead atoms. The lowest BCUT2D eigenvalue weighted by molar-refractivity contribution is -0.132. The lowest BCUT2D eigenvalue weighted by Gasteiger charge is -2.27. The van der Waals surface area contributed by atoms with Gasteiger partial charge in [0.05, 0.1) is 6.54 Å². The fraction of sp³-hybridized carbons (Fsp3) is 0.375. The highest BCUT2D eigenvalue weighted by atomic mass is 32.2. The van der Waals surface area contributed by atoms with E-state index in [4.69, 9.17) is 0 Å². The Labute approximate surface area is 187 Å². The molecule has 2 aromatic rings. The van der Waals surface area contributed by atoms with Crippen molar-refractivity contribution in [2.75, 3.05) is 29.9 Å². The lowest BCUT2D eigenvalue weighted by Crippen LogP contribution is -2.36. The normalized spacial score (nSPS) is 17.4. The van der Waals surface area contributed by atoms with Crippen molar-refractivity contribution in [3.63, 3.8) is 0 Å². The fourth-order valence-corrected chi connectivity index (χ4v) is 4.81. The second kappa shape index (κ2) is 10.1. The number of hydrazone groups is 1. The van der Waals surface area contributed by atoms with E-state index < -0.39 is 0 Å². The largest absolute Gasteiger partial charge is 0.321 e. The smallest absolute Gasteiger partial charge is 0.271 e. The van der Waals surface area contributed by atoms with Gasteiger partial charge >= 0.3 is 0 Å². The van der Waals surface area contributed by atoms with Gasteiger partial charge in [-0.3, -0.25) is 14.5 Å². The van der Waals surface area contributed by atoms with Gasteiger partial charge in [0, 0.05) is 49.7 Å². The van der Waals surface area contributed by atoms with Gasteiger partial charge in [0.2, 0.25) is 5.91 Å². The van der Waals surface area contributed by atoms with Crippen LogP contribution in [-0.2, 0) is 22.7 Å². The standard InChI is InChI=1S/C24H28N4O2S/c1-18-20(17-27-12-14-31-15-13-27)8-5-9-21(18)25-24(30)22-10-11-23(29)28(26-22)16-19-6-3-2-4-7-19/h2-9H,10-17H2,1H3,(H,25,30). The van der Waals surface area contributed by atoms with Crippen LogP contribution in [0.25, 0.3) is 0 Å². The fourth-order valence-electron chi connectivity index (χ4n) is 3.83. The molecule has 0 atom stereocenters. The molecule has 1 saturated heterocycles. The molecule has 1 N–H and O–H groups in total. The number of anilines is 1. The summed E-state index contributed by atoms with van der Waals surface area (Å²) in [6.07, 6.45) is 0.658. The zero-order chi connectivity index (χ0) is 21.6. The summed E-state index contributed by atoms with van der Waals surface area (Å²) in [6, 6.07) is 15.7. The van der Waals surface area contributed by atoms with Crippen molar-refractivity contribution in [3.05, 3.63) is 65.2 Å². The Hall–Kier alpha value is -2.64. The molecule has 31 heavy (non-hydrogen) atoms. The third-order valence-corrected chi connectivity index (χ3v) is 6.68. The Kier molecular flexibility index (Phi) is 7.04. The maximum absolute atomic E-state index is 12.9. The summed E-state index contributed by atoms with van der Waals surface area (Å²) in [5.74, 6) is 2.06. The van der Waals surface area contributed by atoms with Crippen LogP contribution in [0.4, 0.5) is 5.69 Å². The van der Waals surface area contributed by atoms with E-state index in [1.165, 1.54) is 22.1 Å². The molecule has 162 valence electrons. The first-order chi connectivity index (χ1) is 15.1. The van der Waals surface area contributed by atoms with Crippen molar-refractivity contribution in [2.24, 2.45) is 5.10 Å². The van der Waals surface area contributed by atoms with E-state index in [0.29, 0.717) is 25.1 Å². The summed E-state index contributed by atoms with van der Waals surface area (Å²) in [7, 11) is 0. The summed E-state index contributed by atoms with van der Waals surface area (Å²) in [6.45, 7) is 5.53. The van der Waals surface area contributed by atoms with Crippen LogP contribution in [0.15, 0.2) is 53.6 Å². The van der Waals surface area contributed by atoms with Crippen LogP contribution in [0.5, 0.6) is 0 Å². The minimum Gasteiger partial charge on any atom is -0.321 e. The Morgan fingerprint density at radius 1 is 1.03 bits per heavy atom. The van der Waals surface area contributed by atoms with Crippen molar-refractivity contribution in [1.29, 1.82) is 0 Å². The van der Waals surface area contributed by atoms with Gasteiger partial charge in [0.15, 0.2) is 0 Å². The minimum absolute atomic E-state index is 0.0572. The maximum Gasteiger partial charge on any atom is 0.271 e. The first-order valence-corrected chi connectivity index (χ1v) is 11.9. The van der Waals surface area contributed by atoms with Gasteiger partial charge in [-0.25, -0.2) is 5.01 Å². The van der Waals surface area contributed by atoms with E-state index in [1.807, 2.05) is 54.2 Å². The molecule has 2 amide bonds. The molecule has 0 radical (unpaired) electrons. The highest BCUT2D eigenvalue weighted by Gasteiger charge is 2.25. The first kappa shape index (κ1) is 21.6. The molecule has 6 nitrogen and oxygen atoms in total. The van der Waals surface area contributed by atoms with Gasteiger partial charge in [-0.15, -0.1) is 0 Å². The monoisotopic (exact) mass is 436 g/mol. The van der Waals surface area contributed by atoms with Crippen LogP contribution in [-0.4, -0.2) is 52.0 Å². The Balaban J connectivity index is 1.45. The molecular weight excluding hydrogens is 408 g/mol. The summed E-state index contributed by atoms with van der Waals surface area (Å²) in [5.41, 5.74) is 4.51. The molecule has 0 spiro atoms. The third-order valence-electron chi connectivity index (χ3n) is 5.73. The van der Waals surface area contributed by atoms with Crippen molar-refractivity contribution in [1.82, 2.24) is 9.91 Å². The number of amides is 2. The van der Waals surface area contributed by atoms with Crippen LogP contribution in [0, 0.1) is 6.92 Å². The van der Waals surface area contributed by atoms with Crippen molar-refractivity contribution in [3.8, 4) is 0 Å². The summed E-state index contributed by atoms with van der Waals surface area (Å²) in [4.78, 5) is 27.7. The number of thioether (sulfide) groups is 1. The molecule has 4 rings (SSSR count). The van der Waals surface area contributed by atoms with Gasteiger partial charge < -0.3 is 5.32 Å².